The van der Waals surface area contributed by atoms with Gasteiger partial charge in [0, 0.05) is 6.54 Å². The Morgan fingerprint density at radius 2 is 2.32 bits per heavy atom. The van der Waals surface area contributed by atoms with E-state index in [1.165, 1.54) is 6.07 Å². The highest BCUT2D eigenvalue weighted by Crippen LogP contribution is 2.18. The molecule has 2 N–H and O–H groups in total. The van der Waals surface area contributed by atoms with Crippen molar-refractivity contribution in [1.82, 2.24) is 10.6 Å². The lowest BCUT2D eigenvalue weighted by Gasteiger charge is -2.24. The Bertz CT molecular complexity index is 455. The molecule has 19 heavy (non-hydrogen) atoms. The first kappa shape index (κ1) is 14.0. The van der Waals surface area contributed by atoms with Gasteiger partial charge < -0.3 is 10.6 Å². The van der Waals surface area contributed by atoms with Crippen LogP contribution in [0.15, 0.2) is 18.2 Å². The van der Waals surface area contributed by atoms with E-state index in [2.05, 4.69) is 10.6 Å². The van der Waals surface area contributed by atoms with Crippen molar-refractivity contribution < 1.29 is 9.18 Å². The van der Waals surface area contributed by atoms with Crippen molar-refractivity contribution in [1.29, 1.82) is 0 Å². The van der Waals surface area contributed by atoms with Crippen LogP contribution in [-0.2, 0) is 4.79 Å². The Morgan fingerprint density at radius 3 is 2.95 bits per heavy atom. The van der Waals surface area contributed by atoms with E-state index in [1.807, 2.05) is 13.0 Å². The second kappa shape index (κ2) is 6.15. The molecular formula is C15H21FN2O. The van der Waals surface area contributed by atoms with E-state index in [-0.39, 0.29) is 23.7 Å². The van der Waals surface area contributed by atoms with E-state index in [9.17, 15) is 9.18 Å². The summed E-state index contributed by atoms with van der Waals surface area (Å²) in [5.41, 5.74) is 1.43. The third-order valence-electron chi connectivity index (χ3n) is 3.72. The molecule has 1 heterocycles. The van der Waals surface area contributed by atoms with Gasteiger partial charge in [-0.15, -0.1) is 0 Å². The van der Waals surface area contributed by atoms with Gasteiger partial charge in [0.1, 0.15) is 5.82 Å². The highest BCUT2D eigenvalue weighted by atomic mass is 19.1. The second-order valence-electron chi connectivity index (χ2n) is 5.28. The molecule has 1 aliphatic rings. The highest BCUT2D eigenvalue weighted by molar-refractivity contribution is 5.79. The maximum Gasteiger partial charge on any atom is 0.224 e. The Balaban J connectivity index is 1.97. The summed E-state index contributed by atoms with van der Waals surface area (Å²) in [4.78, 5) is 12.1. The molecule has 1 aliphatic heterocycles. The lowest BCUT2D eigenvalue weighted by Crippen LogP contribution is -2.41. The lowest BCUT2D eigenvalue weighted by atomic mass is 9.97. The average Bonchev–Trinajstić information content (AvgIpc) is 2.42. The summed E-state index contributed by atoms with van der Waals surface area (Å²) in [6.07, 6.45) is 1.96. The predicted octanol–water partition coefficient (Wildman–Crippen LogP) is 2.31. The van der Waals surface area contributed by atoms with Crippen molar-refractivity contribution in [3.8, 4) is 0 Å². The summed E-state index contributed by atoms with van der Waals surface area (Å²) in [6, 6.07) is 4.95. The van der Waals surface area contributed by atoms with E-state index in [1.54, 1.807) is 13.0 Å². The van der Waals surface area contributed by atoms with E-state index in [0.29, 0.717) is 5.56 Å². The number of aryl methyl sites for hydroxylation is 1. The van der Waals surface area contributed by atoms with E-state index in [0.717, 1.165) is 31.5 Å². The maximum atomic E-state index is 13.5. The zero-order chi connectivity index (χ0) is 13.8. The molecule has 1 amide bonds. The quantitative estimate of drug-likeness (QED) is 0.879. The molecule has 0 spiro atoms. The zero-order valence-corrected chi connectivity index (χ0v) is 11.5. The van der Waals surface area contributed by atoms with Gasteiger partial charge in [0.05, 0.1) is 12.0 Å². The van der Waals surface area contributed by atoms with Crippen LogP contribution in [0.4, 0.5) is 4.39 Å². The summed E-state index contributed by atoms with van der Waals surface area (Å²) in [5.74, 6) is -0.134. The number of hydrogen-bond donors (Lipinski definition) is 2. The molecule has 3 nitrogen and oxygen atoms in total. The van der Waals surface area contributed by atoms with Crippen molar-refractivity contribution in [3.05, 3.63) is 35.1 Å². The van der Waals surface area contributed by atoms with Crippen LogP contribution in [0.2, 0.25) is 0 Å². The number of carbonyl (C=O) groups is 1. The number of carbonyl (C=O) groups excluding carboxylic acids is 1. The molecule has 1 fully saturated rings. The van der Waals surface area contributed by atoms with Gasteiger partial charge in [-0.05, 0) is 50.4 Å². The molecule has 0 aliphatic carbocycles. The molecule has 2 atom stereocenters. The summed E-state index contributed by atoms with van der Waals surface area (Å²) in [6.45, 7) is 5.34. The number of nitrogens with one attached hydrogen (secondary N) is 2. The highest BCUT2D eigenvalue weighted by Gasteiger charge is 2.22. The third-order valence-corrected chi connectivity index (χ3v) is 3.72. The van der Waals surface area contributed by atoms with Crippen LogP contribution in [0.5, 0.6) is 0 Å². The molecule has 1 unspecified atom stereocenters. The smallest absolute Gasteiger partial charge is 0.224 e. The molecule has 0 saturated carbocycles. The Kier molecular flexibility index (Phi) is 4.53. The zero-order valence-electron chi connectivity index (χ0n) is 11.5. The van der Waals surface area contributed by atoms with E-state index in [4.69, 9.17) is 0 Å². The summed E-state index contributed by atoms with van der Waals surface area (Å²) < 4.78 is 13.5. The van der Waals surface area contributed by atoms with Crippen molar-refractivity contribution in [3.63, 3.8) is 0 Å². The van der Waals surface area contributed by atoms with Gasteiger partial charge in [-0.2, -0.15) is 0 Å². The molecule has 0 radical (unpaired) electrons. The molecular weight excluding hydrogens is 243 g/mol. The van der Waals surface area contributed by atoms with Gasteiger partial charge in [0.15, 0.2) is 0 Å². The monoisotopic (exact) mass is 264 g/mol. The molecule has 1 saturated heterocycles. The average molecular weight is 264 g/mol. The first-order chi connectivity index (χ1) is 9.08. The van der Waals surface area contributed by atoms with Crippen LogP contribution in [0.1, 0.15) is 36.9 Å². The van der Waals surface area contributed by atoms with Crippen LogP contribution >= 0.6 is 0 Å². The van der Waals surface area contributed by atoms with Crippen molar-refractivity contribution in [2.45, 2.75) is 32.7 Å². The molecule has 4 heteroatoms. The maximum absolute atomic E-state index is 13.5. The summed E-state index contributed by atoms with van der Waals surface area (Å²) in [5, 5.41) is 6.19. The molecule has 104 valence electrons. The fourth-order valence-corrected chi connectivity index (χ4v) is 2.37. The van der Waals surface area contributed by atoms with E-state index >= 15 is 0 Å². The number of amides is 1. The normalized spacial score (nSPS) is 20.9. The SMILES string of the molecule is Cc1ccc(C(C)NC(=O)[C@@H]2CCCNC2)cc1F. The second-order valence-corrected chi connectivity index (χ2v) is 5.28. The number of benzene rings is 1. The van der Waals surface area contributed by atoms with Crippen LogP contribution < -0.4 is 10.6 Å². The molecule has 0 aromatic heterocycles. The van der Waals surface area contributed by atoms with Gasteiger partial charge in [0.2, 0.25) is 5.91 Å². The molecule has 1 aromatic rings. The largest absolute Gasteiger partial charge is 0.349 e. The molecule has 0 bridgehead atoms. The van der Waals surface area contributed by atoms with Crippen molar-refractivity contribution in [2.75, 3.05) is 13.1 Å². The van der Waals surface area contributed by atoms with Gasteiger partial charge in [0.25, 0.3) is 0 Å². The third kappa shape index (κ3) is 3.53. The topological polar surface area (TPSA) is 41.1 Å². The Morgan fingerprint density at radius 1 is 1.53 bits per heavy atom. The Hall–Kier alpha value is -1.42. The summed E-state index contributed by atoms with van der Waals surface area (Å²) in [7, 11) is 0. The van der Waals surface area contributed by atoms with Crippen LogP contribution in [0, 0.1) is 18.7 Å². The number of halogens is 1. The summed E-state index contributed by atoms with van der Waals surface area (Å²) >= 11 is 0. The number of rotatable bonds is 3. The fourth-order valence-electron chi connectivity index (χ4n) is 2.37. The minimum Gasteiger partial charge on any atom is -0.349 e. The predicted molar refractivity (Wildman–Crippen MR) is 73.3 cm³/mol. The standard InChI is InChI=1S/C15H21FN2O/c1-10-5-6-12(8-14(10)16)11(2)18-15(19)13-4-3-7-17-9-13/h5-6,8,11,13,17H,3-4,7,9H2,1-2H3,(H,18,19)/t11?,13-/m1/s1. The van der Waals surface area contributed by atoms with Gasteiger partial charge >= 0.3 is 0 Å². The van der Waals surface area contributed by atoms with Gasteiger partial charge in [-0.3, -0.25) is 4.79 Å². The van der Waals surface area contributed by atoms with Crippen LogP contribution in [0.25, 0.3) is 0 Å². The van der Waals surface area contributed by atoms with Gasteiger partial charge in [-0.1, -0.05) is 12.1 Å². The van der Waals surface area contributed by atoms with Gasteiger partial charge in [-0.25, -0.2) is 4.39 Å². The minimum absolute atomic E-state index is 0.0338. The van der Waals surface area contributed by atoms with E-state index < -0.39 is 0 Å². The van der Waals surface area contributed by atoms with Crippen LogP contribution in [0.3, 0.4) is 0 Å². The van der Waals surface area contributed by atoms with Crippen molar-refractivity contribution >= 4 is 5.91 Å². The number of piperidine rings is 1. The first-order valence-electron chi connectivity index (χ1n) is 6.85. The fraction of sp³-hybridized carbons (Fsp3) is 0.533. The van der Waals surface area contributed by atoms with Crippen molar-refractivity contribution in [2.24, 2.45) is 5.92 Å². The Labute approximate surface area is 113 Å². The van der Waals surface area contributed by atoms with Crippen LogP contribution in [-0.4, -0.2) is 19.0 Å². The minimum atomic E-state index is -0.224. The molecule has 2 rings (SSSR count). The first-order valence-corrected chi connectivity index (χ1v) is 6.85. The number of hydrogen-bond acceptors (Lipinski definition) is 2. The lowest BCUT2D eigenvalue weighted by molar-refractivity contribution is -0.126. The molecule has 1 aromatic carbocycles.